The minimum absolute atomic E-state index is 0.202. The number of rotatable bonds is 2. The lowest BCUT2D eigenvalue weighted by molar-refractivity contribution is 0.0205. The van der Waals surface area contributed by atoms with E-state index in [0.717, 1.165) is 43.9 Å². The number of anilines is 2. The SMILES string of the molecule is Cn1cc(C2CNc3ccc(C4CCN(C(=O)OC(C)(C)C)CC4)cc3N2)cn1. The van der Waals surface area contributed by atoms with Crippen molar-refractivity contribution in [2.45, 2.75) is 51.2 Å². The fourth-order valence-electron chi connectivity index (χ4n) is 4.08. The van der Waals surface area contributed by atoms with Crippen molar-refractivity contribution in [1.29, 1.82) is 0 Å². The highest BCUT2D eigenvalue weighted by Crippen LogP contribution is 2.36. The maximum Gasteiger partial charge on any atom is 0.410 e. The van der Waals surface area contributed by atoms with Crippen molar-refractivity contribution in [3.63, 3.8) is 0 Å². The first-order valence-electron chi connectivity index (χ1n) is 10.4. The van der Waals surface area contributed by atoms with Gasteiger partial charge >= 0.3 is 6.09 Å². The quantitative estimate of drug-likeness (QED) is 0.798. The maximum atomic E-state index is 12.3. The molecule has 7 heteroatoms. The Kier molecular flexibility index (Phi) is 5.15. The predicted octanol–water partition coefficient (Wildman–Crippen LogP) is 4.11. The molecule has 4 rings (SSSR count). The molecular formula is C22H31N5O2. The molecule has 1 amide bonds. The number of aryl methyl sites for hydroxylation is 1. The summed E-state index contributed by atoms with van der Waals surface area (Å²) < 4.78 is 7.34. The van der Waals surface area contributed by atoms with Gasteiger partial charge in [0.15, 0.2) is 0 Å². The smallest absolute Gasteiger partial charge is 0.410 e. The molecule has 0 bridgehead atoms. The third kappa shape index (κ3) is 4.49. The standard InChI is InChI=1S/C22H31N5O2/c1-22(2,3)29-21(28)27-9-7-15(8-10-27)16-5-6-18-19(11-16)25-20(13-23-18)17-12-24-26(4)14-17/h5-6,11-12,14-15,20,23,25H,7-10,13H2,1-4H3. The molecule has 2 aliphatic rings. The summed E-state index contributed by atoms with van der Waals surface area (Å²) in [5.41, 5.74) is 4.34. The lowest BCUT2D eigenvalue weighted by Crippen LogP contribution is -2.41. The highest BCUT2D eigenvalue weighted by molar-refractivity contribution is 5.73. The van der Waals surface area contributed by atoms with Crippen molar-refractivity contribution in [3.8, 4) is 0 Å². The van der Waals surface area contributed by atoms with Crippen LogP contribution in [0.2, 0.25) is 0 Å². The van der Waals surface area contributed by atoms with Gasteiger partial charge in [-0.25, -0.2) is 4.79 Å². The van der Waals surface area contributed by atoms with E-state index in [2.05, 4.69) is 40.1 Å². The summed E-state index contributed by atoms with van der Waals surface area (Å²) in [6, 6.07) is 6.85. The highest BCUT2D eigenvalue weighted by Gasteiger charge is 2.28. The Morgan fingerprint density at radius 1 is 1.17 bits per heavy atom. The molecule has 0 spiro atoms. The van der Waals surface area contributed by atoms with Gasteiger partial charge in [-0.3, -0.25) is 4.68 Å². The van der Waals surface area contributed by atoms with Crippen LogP contribution in [0.5, 0.6) is 0 Å². The fraction of sp³-hybridized carbons (Fsp3) is 0.545. The van der Waals surface area contributed by atoms with Crippen molar-refractivity contribution >= 4 is 17.5 Å². The number of hydrogen-bond acceptors (Lipinski definition) is 5. The third-order valence-corrected chi connectivity index (χ3v) is 5.62. The predicted molar refractivity (Wildman–Crippen MR) is 114 cm³/mol. The van der Waals surface area contributed by atoms with Crippen molar-refractivity contribution < 1.29 is 9.53 Å². The second-order valence-electron chi connectivity index (χ2n) is 9.07. The Morgan fingerprint density at radius 3 is 2.59 bits per heavy atom. The van der Waals surface area contributed by atoms with E-state index in [1.165, 1.54) is 11.1 Å². The number of nitrogens with zero attached hydrogens (tertiary/aromatic N) is 3. The van der Waals surface area contributed by atoms with Crippen LogP contribution >= 0.6 is 0 Å². The molecule has 0 saturated carbocycles. The van der Waals surface area contributed by atoms with E-state index in [9.17, 15) is 4.79 Å². The normalized spacial score (nSPS) is 19.9. The lowest BCUT2D eigenvalue weighted by Gasteiger charge is -2.34. The van der Waals surface area contributed by atoms with Gasteiger partial charge in [0, 0.05) is 38.4 Å². The zero-order chi connectivity index (χ0) is 20.6. The number of likely N-dealkylation sites (tertiary alicyclic amines) is 1. The van der Waals surface area contributed by atoms with Gasteiger partial charge in [-0.15, -0.1) is 0 Å². The topological polar surface area (TPSA) is 71.4 Å². The molecule has 7 nitrogen and oxygen atoms in total. The summed E-state index contributed by atoms with van der Waals surface area (Å²) in [6.45, 7) is 8.04. The number of fused-ring (bicyclic) bond motifs is 1. The van der Waals surface area contributed by atoms with Crippen LogP contribution in [0.4, 0.5) is 16.2 Å². The van der Waals surface area contributed by atoms with E-state index in [1.807, 2.05) is 43.6 Å². The van der Waals surface area contributed by atoms with E-state index in [1.54, 1.807) is 0 Å². The number of ether oxygens (including phenoxy) is 1. The van der Waals surface area contributed by atoms with Gasteiger partial charge in [-0.1, -0.05) is 6.07 Å². The highest BCUT2D eigenvalue weighted by atomic mass is 16.6. The van der Waals surface area contributed by atoms with Crippen LogP contribution in [0, 0.1) is 0 Å². The molecule has 1 saturated heterocycles. The minimum atomic E-state index is -0.449. The van der Waals surface area contributed by atoms with Gasteiger partial charge in [-0.05, 0) is 57.2 Å². The van der Waals surface area contributed by atoms with Crippen LogP contribution < -0.4 is 10.6 Å². The first kappa shape index (κ1) is 19.6. The second-order valence-corrected chi connectivity index (χ2v) is 9.07. The molecule has 1 unspecified atom stereocenters. The second kappa shape index (κ2) is 7.61. The van der Waals surface area contributed by atoms with Crippen LogP contribution in [0.25, 0.3) is 0 Å². The van der Waals surface area contributed by atoms with E-state index < -0.39 is 5.60 Å². The van der Waals surface area contributed by atoms with E-state index >= 15 is 0 Å². The molecule has 3 heterocycles. The van der Waals surface area contributed by atoms with Crippen molar-refractivity contribution in [3.05, 3.63) is 41.7 Å². The van der Waals surface area contributed by atoms with Crippen molar-refractivity contribution in [2.24, 2.45) is 7.05 Å². The molecule has 2 aromatic rings. The molecule has 0 radical (unpaired) electrons. The Bertz CT molecular complexity index is 878. The molecule has 1 aromatic heterocycles. The number of carbonyl (C=O) groups is 1. The number of piperidine rings is 1. The summed E-state index contributed by atoms with van der Waals surface area (Å²) in [6.07, 6.45) is 5.68. The van der Waals surface area contributed by atoms with Gasteiger partial charge in [0.05, 0.1) is 23.6 Å². The van der Waals surface area contributed by atoms with E-state index in [4.69, 9.17) is 4.74 Å². The Labute approximate surface area is 172 Å². The lowest BCUT2D eigenvalue weighted by atomic mass is 9.88. The first-order valence-corrected chi connectivity index (χ1v) is 10.4. The monoisotopic (exact) mass is 397 g/mol. The first-order chi connectivity index (χ1) is 13.8. The van der Waals surface area contributed by atoms with Gasteiger partial charge in [0.2, 0.25) is 0 Å². The van der Waals surface area contributed by atoms with Gasteiger partial charge < -0.3 is 20.3 Å². The summed E-state index contributed by atoms with van der Waals surface area (Å²) in [5, 5.41) is 11.5. The zero-order valence-corrected chi connectivity index (χ0v) is 17.7. The zero-order valence-electron chi connectivity index (χ0n) is 17.7. The van der Waals surface area contributed by atoms with Gasteiger partial charge in [0.1, 0.15) is 5.60 Å². The van der Waals surface area contributed by atoms with Crippen LogP contribution in [0.3, 0.4) is 0 Å². The Morgan fingerprint density at radius 2 is 1.93 bits per heavy atom. The van der Waals surface area contributed by atoms with Crippen molar-refractivity contribution in [2.75, 3.05) is 30.3 Å². The van der Waals surface area contributed by atoms with E-state index in [0.29, 0.717) is 5.92 Å². The molecular weight excluding hydrogens is 366 g/mol. The van der Waals surface area contributed by atoms with Crippen LogP contribution in [-0.2, 0) is 11.8 Å². The summed E-state index contributed by atoms with van der Waals surface area (Å²) >= 11 is 0. The summed E-state index contributed by atoms with van der Waals surface area (Å²) in [4.78, 5) is 14.1. The fourth-order valence-corrected chi connectivity index (χ4v) is 4.08. The van der Waals surface area contributed by atoms with E-state index in [-0.39, 0.29) is 12.1 Å². The molecule has 29 heavy (non-hydrogen) atoms. The average molecular weight is 398 g/mol. The average Bonchev–Trinajstić information content (AvgIpc) is 3.12. The largest absolute Gasteiger partial charge is 0.444 e. The van der Waals surface area contributed by atoms with Crippen LogP contribution in [-0.4, -0.2) is 46.0 Å². The number of aromatic nitrogens is 2. The Balaban J connectivity index is 1.40. The number of nitrogens with one attached hydrogen (secondary N) is 2. The van der Waals surface area contributed by atoms with Crippen LogP contribution in [0.1, 0.15) is 56.7 Å². The van der Waals surface area contributed by atoms with Gasteiger partial charge in [0.25, 0.3) is 0 Å². The number of benzene rings is 1. The number of amides is 1. The molecule has 2 N–H and O–H groups in total. The molecule has 1 atom stereocenters. The molecule has 1 fully saturated rings. The molecule has 0 aliphatic carbocycles. The van der Waals surface area contributed by atoms with Crippen LogP contribution in [0.15, 0.2) is 30.6 Å². The van der Waals surface area contributed by atoms with Gasteiger partial charge in [-0.2, -0.15) is 5.10 Å². The minimum Gasteiger partial charge on any atom is -0.444 e. The number of carbonyl (C=O) groups excluding carboxylic acids is 1. The summed E-state index contributed by atoms with van der Waals surface area (Å²) in [7, 11) is 1.94. The Hall–Kier alpha value is -2.70. The maximum absolute atomic E-state index is 12.3. The number of hydrogen-bond donors (Lipinski definition) is 2. The molecule has 2 aliphatic heterocycles. The molecule has 156 valence electrons. The van der Waals surface area contributed by atoms with Crippen molar-refractivity contribution in [1.82, 2.24) is 14.7 Å². The third-order valence-electron chi connectivity index (χ3n) is 5.62. The summed E-state index contributed by atoms with van der Waals surface area (Å²) in [5.74, 6) is 0.458. The molecule has 1 aromatic carbocycles.